The molecule has 0 fully saturated rings. The predicted molar refractivity (Wildman–Crippen MR) is 97.7 cm³/mol. The third-order valence-corrected chi connectivity index (χ3v) is 3.99. The van der Waals surface area contributed by atoms with Crippen molar-refractivity contribution in [3.8, 4) is 5.75 Å². The number of ether oxygens (including phenoxy) is 1. The zero-order chi connectivity index (χ0) is 16.2. The number of methoxy groups -OCH3 is 1. The number of hydrogen-bond acceptors (Lipinski definition) is 2. The highest BCUT2D eigenvalue weighted by atomic mass is 35.5. The van der Waals surface area contributed by atoms with Gasteiger partial charge in [-0.1, -0.05) is 51.1 Å². The Morgan fingerprint density at radius 1 is 1.05 bits per heavy atom. The van der Waals surface area contributed by atoms with E-state index in [-0.39, 0.29) is 0 Å². The number of hydrogen-bond donors (Lipinski definition) is 0. The van der Waals surface area contributed by atoms with Crippen molar-refractivity contribution in [1.82, 2.24) is 4.90 Å². The van der Waals surface area contributed by atoms with Crippen molar-refractivity contribution < 1.29 is 4.74 Å². The van der Waals surface area contributed by atoms with E-state index in [9.17, 15) is 0 Å². The number of unbranched alkanes of at least 4 members (excludes halogenated alkanes) is 4. The summed E-state index contributed by atoms with van der Waals surface area (Å²) in [7, 11) is 1.70. The largest absolute Gasteiger partial charge is 0.496 e. The van der Waals surface area contributed by atoms with Gasteiger partial charge in [-0.2, -0.15) is 0 Å². The van der Waals surface area contributed by atoms with E-state index in [2.05, 4.69) is 31.0 Å². The molecular weight excluding hydrogens is 294 g/mol. The SMILES string of the molecule is CCCCCN(C=Cc1cc(Cl)ccc1OC)CCCCC. The average Bonchev–Trinajstić information content (AvgIpc) is 2.52. The zero-order valence-corrected chi connectivity index (χ0v) is 15.0. The molecule has 0 saturated heterocycles. The van der Waals surface area contributed by atoms with Crippen LogP contribution >= 0.6 is 11.6 Å². The molecule has 1 aromatic carbocycles. The van der Waals surface area contributed by atoms with Crippen LogP contribution in [-0.4, -0.2) is 25.1 Å². The summed E-state index contributed by atoms with van der Waals surface area (Å²) in [6.45, 7) is 6.73. The van der Waals surface area contributed by atoms with Gasteiger partial charge < -0.3 is 9.64 Å². The molecule has 0 atom stereocenters. The van der Waals surface area contributed by atoms with Gasteiger partial charge in [0.1, 0.15) is 5.75 Å². The minimum Gasteiger partial charge on any atom is -0.496 e. The molecule has 0 N–H and O–H groups in total. The first kappa shape index (κ1) is 18.9. The molecule has 0 unspecified atom stereocenters. The van der Waals surface area contributed by atoms with Gasteiger partial charge in [-0.25, -0.2) is 0 Å². The Labute approximate surface area is 141 Å². The molecule has 3 heteroatoms. The monoisotopic (exact) mass is 323 g/mol. The molecule has 1 aromatic rings. The van der Waals surface area contributed by atoms with Crippen LogP contribution in [0.1, 0.15) is 57.9 Å². The van der Waals surface area contributed by atoms with Crippen molar-refractivity contribution in [2.24, 2.45) is 0 Å². The highest BCUT2D eigenvalue weighted by Crippen LogP contribution is 2.24. The molecule has 22 heavy (non-hydrogen) atoms. The molecule has 0 bridgehead atoms. The molecule has 0 amide bonds. The summed E-state index contributed by atoms with van der Waals surface area (Å²) in [5.41, 5.74) is 1.03. The second kappa shape index (κ2) is 11.4. The Kier molecular flexibility index (Phi) is 9.81. The molecule has 0 aliphatic carbocycles. The lowest BCUT2D eigenvalue weighted by atomic mass is 10.2. The summed E-state index contributed by atoms with van der Waals surface area (Å²) in [5.74, 6) is 0.864. The molecular formula is C19H30ClNO. The number of rotatable bonds is 11. The Morgan fingerprint density at radius 2 is 1.68 bits per heavy atom. The summed E-state index contributed by atoms with van der Waals surface area (Å²) in [5, 5.41) is 0.740. The third-order valence-electron chi connectivity index (χ3n) is 3.75. The van der Waals surface area contributed by atoms with Crippen LogP contribution < -0.4 is 4.74 Å². The van der Waals surface area contributed by atoms with Crippen LogP contribution in [0.3, 0.4) is 0 Å². The number of halogens is 1. The summed E-state index contributed by atoms with van der Waals surface area (Å²) in [4.78, 5) is 2.42. The van der Waals surface area contributed by atoms with Crippen LogP contribution in [0.25, 0.3) is 6.08 Å². The van der Waals surface area contributed by atoms with E-state index in [1.165, 1.54) is 38.5 Å². The van der Waals surface area contributed by atoms with Crippen LogP contribution in [0.2, 0.25) is 5.02 Å². The van der Waals surface area contributed by atoms with Crippen LogP contribution in [0, 0.1) is 0 Å². The maximum Gasteiger partial charge on any atom is 0.126 e. The van der Waals surface area contributed by atoms with E-state index < -0.39 is 0 Å². The van der Waals surface area contributed by atoms with Crippen molar-refractivity contribution in [1.29, 1.82) is 0 Å². The second-order valence-corrected chi connectivity index (χ2v) is 6.09. The minimum atomic E-state index is 0.740. The lowest BCUT2D eigenvalue weighted by Crippen LogP contribution is -2.19. The first-order valence-electron chi connectivity index (χ1n) is 8.47. The van der Waals surface area contributed by atoms with E-state index in [1.807, 2.05) is 18.2 Å². The maximum absolute atomic E-state index is 6.09. The van der Waals surface area contributed by atoms with Crippen molar-refractivity contribution in [2.45, 2.75) is 52.4 Å². The van der Waals surface area contributed by atoms with Gasteiger partial charge in [-0.15, -0.1) is 0 Å². The smallest absolute Gasteiger partial charge is 0.126 e. The van der Waals surface area contributed by atoms with Crippen LogP contribution in [0.15, 0.2) is 24.4 Å². The second-order valence-electron chi connectivity index (χ2n) is 5.65. The fourth-order valence-corrected chi connectivity index (χ4v) is 2.59. The van der Waals surface area contributed by atoms with Gasteiger partial charge in [0.25, 0.3) is 0 Å². The van der Waals surface area contributed by atoms with E-state index >= 15 is 0 Å². The first-order valence-corrected chi connectivity index (χ1v) is 8.84. The molecule has 0 aliphatic heterocycles. The summed E-state index contributed by atoms with van der Waals surface area (Å²) in [6.07, 6.45) is 11.9. The molecule has 124 valence electrons. The maximum atomic E-state index is 6.09. The average molecular weight is 324 g/mol. The van der Waals surface area contributed by atoms with Gasteiger partial charge in [0.15, 0.2) is 0 Å². The highest BCUT2D eigenvalue weighted by Gasteiger charge is 2.03. The lowest BCUT2D eigenvalue weighted by molar-refractivity contribution is 0.355. The Bertz CT molecular complexity index is 435. The van der Waals surface area contributed by atoms with E-state index in [0.717, 1.165) is 29.4 Å². The highest BCUT2D eigenvalue weighted by molar-refractivity contribution is 6.30. The van der Waals surface area contributed by atoms with Crippen molar-refractivity contribution >= 4 is 17.7 Å². The molecule has 0 radical (unpaired) electrons. The Balaban J connectivity index is 2.71. The quantitative estimate of drug-likeness (QED) is 0.463. The van der Waals surface area contributed by atoms with Crippen molar-refractivity contribution in [3.63, 3.8) is 0 Å². The normalized spacial score (nSPS) is 11.1. The topological polar surface area (TPSA) is 12.5 Å². The number of benzene rings is 1. The van der Waals surface area contributed by atoms with E-state index in [4.69, 9.17) is 16.3 Å². The third kappa shape index (κ3) is 7.22. The fourth-order valence-electron chi connectivity index (χ4n) is 2.41. The number of nitrogens with zero attached hydrogens (tertiary/aromatic N) is 1. The van der Waals surface area contributed by atoms with Gasteiger partial charge in [-0.05, 0) is 43.3 Å². The lowest BCUT2D eigenvalue weighted by Gasteiger charge is -2.20. The first-order chi connectivity index (χ1) is 10.7. The van der Waals surface area contributed by atoms with Crippen molar-refractivity contribution in [2.75, 3.05) is 20.2 Å². The van der Waals surface area contributed by atoms with Crippen LogP contribution in [0.4, 0.5) is 0 Å². The predicted octanol–water partition coefficient (Wildman–Crippen LogP) is 6.00. The summed E-state index contributed by atoms with van der Waals surface area (Å²) in [6, 6.07) is 5.73. The molecule has 0 spiro atoms. The molecule has 0 aliphatic rings. The fraction of sp³-hybridized carbons (Fsp3) is 0.579. The van der Waals surface area contributed by atoms with E-state index in [1.54, 1.807) is 7.11 Å². The van der Waals surface area contributed by atoms with Gasteiger partial charge in [0.05, 0.1) is 7.11 Å². The Morgan fingerprint density at radius 3 is 2.23 bits per heavy atom. The van der Waals surface area contributed by atoms with Gasteiger partial charge >= 0.3 is 0 Å². The molecule has 0 saturated carbocycles. The molecule has 0 heterocycles. The van der Waals surface area contributed by atoms with Gasteiger partial charge in [0, 0.05) is 23.7 Å². The Hall–Kier alpha value is -1.15. The summed E-state index contributed by atoms with van der Waals surface area (Å²) < 4.78 is 5.40. The van der Waals surface area contributed by atoms with E-state index in [0.29, 0.717) is 0 Å². The zero-order valence-electron chi connectivity index (χ0n) is 14.3. The van der Waals surface area contributed by atoms with Crippen LogP contribution in [0.5, 0.6) is 5.75 Å². The van der Waals surface area contributed by atoms with Gasteiger partial charge in [0.2, 0.25) is 0 Å². The minimum absolute atomic E-state index is 0.740. The van der Waals surface area contributed by atoms with Crippen LogP contribution in [-0.2, 0) is 0 Å². The molecule has 0 aromatic heterocycles. The molecule has 1 rings (SSSR count). The van der Waals surface area contributed by atoms with Crippen molar-refractivity contribution in [3.05, 3.63) is 35.0 Å². The standard InChI is InChI=1S/C19H30ClNO/c1-4-6-8-13-21(14-9-7-5-2)15-12-17-16-18(20)10-11-19(17)22-3/h10-12,15-16H,4-9,13-14H2,1-3H3. The van der Waals surface area contributed by atoms with Gasteiger partial charge in [-0.3, -0.25) is 0 Å². The summed E-state index contributed by atoms with van der Waals surface area (Å²) >= 11 is 6.09. The molecule has 2 nitrogen and oxygen atoms in total.